The number of amides is 1. The number of hydrogen-bond acceptors (Lipinski definition) is 5. The number of nitrogens with one attached hydrogen (secondary N) is 1. The molecule has 6 nitrogen and oxygen atoms in total. The zero-order valence-corrected chi connectivity index (χ0v) is 15.7. The molecule has 3 aromatic rings. The summed E-state index contributed by atoms with van der Waals surface area (Å²) in [7, 11) is -3.20. The van der Waals surface area contributed by atoms with Crippen molar-refractivity contribution < 1.29 is 13.2 Å². The van der Waals surface area contributed by atoms with Crippen LogP contribution >= 0.6 is 11.3 Å². The lowest BCUT2D eigenvalue weighted by Gasteiger charge is -2.09. The molecule has 3 heterocycles. The van der Waals surface area contributed by atoms with Gasteiger partial charge in [-0.3, -0.25) is 9.20 Å². The zero-order valence-electron chi connectivity index (χ0n) is 14.0. The predicted octanol–water partition coefficient (Wildman–Crippen LogP) is 2.67. The third-order valence-corrected chi connectivity index (χ3v) is 6.58. The van der Waals surface area contributed by atoms with Crippen LogP contribution in [0.5, 0.6) is 0 Å². The molecular weight excluding hydrogens is 370 g/mol. The molecule has 0 fully saturated rings. The number of carbonyl (C=O) groups is 1. The SMILES string of the molecule is CCc1ccc(-c2cn3c(C(=O)N[C@H]4C=CS(=O)(=O)C4)csc3n2)cc1. The standard InChI is InChI=1S/C18H17N3O3S2/c1-2-12-3-5-13(6-4-12)15-9-21-16(10-25-18(21)20-15)17(22)19-14-7-8-26(23,24)11-14/h3-10,14H,2,11H2,1H3,(H,19,22)/t14-/m0/s1. The number of imidazole rings is 1. The number of sulfone groups is 1. The van der Waals surface area contributed by atoms with E-state index in [0.29, 0.717) is 5.69 Å². The maximum Gasteiger partial charge on any atom is 0.269 e. The minimum Gasteiger partial charge on any atom is -0.343 e. The molecule has 0 radical (unpaired) electrons. The first-order valence-corrected chi connectivity index (χ1v) is 10.8. The maximum absolute atomic E-state index is 12.5. The second-order valence-electron chi connectivity index (χ2n) is 6.19. The monoisotopic (exact) mass is 387 g/mol. The van der Waals surface area contributed by atoms with E-state index in [0.717, 1.165) is 28.0 Å². The molecule has 0 spiro atoms. The van der Waals surface area contributed by atoms with Crippen molar-refractivity contribution in [2.45, 2.75) is 19.4 Å². The summed E-state index contributed by atoms with van der Waals surface area (Å²) in [6, 6.07) is 7.71. The van der Waals surface area contributed by atoms with Crippen molar-refractivity contribution in [2.24, 2.45) is 0 Å². The summed E-state index contributed by atoms with van der Waals surface area (Å²) < 4.78 is 24.7. The van der Waals surface area contributed by atoms with Gasteiger partial charge in [0.1, 0.15) is 5.69 Å². The van der Waals surface area contributed by atoms with E-state index >= 15 is 0 Å². The summed E-state index contributed by atoms with van der Waals surface area (Å²) in [5.41, 5.74) is 3.51. The lowest BCUT2D eigenvalue weighted by molar-refractivity contribution is 0.0942. The number of fused-ring (bicyclic) bond motifs is 1. The molecule has 2 aromatic heterocycles. The second-order valence-corrected chi connectivity index (χ2v) is 8.96. The molecule has 0 aliphatic carbocycles. The third kappa shape index (κ3) is 3.17. The predicted molar refractivity (Wildman–Crippen MR) is 102 cm³/mol. The van der Waals surface area contributed by atoms with Crippen LogP contribution in [0.3, 0.4) is 0 Å². The highest BCUT2D eigenvalue weighted by Crippen LogP contribution is 2.24. The lowest BCUT2D eigenvalue weighted by Crippen LogP contribution is -2.36. The van der Waals surface area contributed by atoms with Crippen molar-refractivity contribution in [1.82, 2.24) is 14.7 Å². The summed E-state index contributed by atoms with van der Waals surface area (Å²) in [5.74, 6) is -0.404. The molecule has 1 amide bonds. The average Bonchev–Trinajstić information content (AvgIpc) is 3.28. The van der Waals surface area contributed by atoms with Crippen LogP contribution < -0.4 is 5.32 Å². The Morgan fingerprint density at radius 2 is 2.12 bits per heavy atom. The number of benzene rings is 1. The van der Waals surface area contributed by atoms with Gasteiger partial charge >= 0.3 is 0 Å². The molecule has 4 rings (SSSR count). The van der Waals surface area contributed by atoms with Crippen molar-refractivity contribution in [2.75, 3.05) is 5.75 Å². The number of hydrogen-bond donors (Lipinski definition) is 1. The summed E-state index contributed by atoms with van der Waals surface area (Å²) in [5, 5.41) is 5.63. The van der Waals surface area contributed by atoms with Crippen molar-refractivity contribution in [1.29, 1.82) is 0 Å². The van der Waals surface area contributed by atoms with E-state index in [2.05, 4.69) is 29.4 Å². The molecule has 0 bridgehead atoms. The quantitative estimate of drug-likeness (QED) is 0.746. The van der Waals surface area contributed by atoms with E-state index in [1.54, 1.807) is 9.78 Å². The molecule has 0 saturated heterocycles. The van der Waals surface area contributed by atoms with Gasteiger partial charge in [-0.2, -0.15) is 0 Å². The van der Waals surface area contributed by atoms with Crippen LogP contribution in [0.4, 0.5) is 0 Å². The topological polar surface area (TPSA) is 80.5 Å². The largest absolute Gasteiger partial charge is 0.343 e. The van der Waals surface area contributed by atoms with Gasteiger partial charge in [-0.05, 0) is 18.1 Å². The van der Waals surface area contributed by atoms with E-state index in [4.69, 9.17) is 0 Å². The molecule has 8 heteroatoms. The summed E-state index contributed by atoms with van der Waals surface area (Å²) >= 11 is 1.38. The van der Waals surface area contributed by atoms with E-state index in [-0.39, 0.29) is 11.7 Å². The third-order valence-electron chi connectivity index (χ3n) is 4.35. The lowest BCUT2D eigenvalue weighted by atomic mass is 10.1. The Labute approximate surface area is 155 Å². The van der Waals surface area contributed by atoms with Gasteiger partial charge in [0.05, 0.1) is 17.5 Å². The van der Waals surface area contributed by atoms with Gasteiger partial charge in [-0.1, -0.05) is 31.2 Å². The summed E-state index contributed by atoms with van der Waals surface area (Å²) in [6.07, 6.45) is 4.32. The van der Waals surface area contributed by atoms with Gasteiger partial charge in [0.15, 0.2) is 14.8 Å². The Morgan fingerprint density at radius 3 is 2.77 bits per heavy atom. The fourth-order valence-corrected chi connectivity index (χ4v) is 4.99. The molecule has 134 valence electrons. The van der Waals surface area contributed by atoms with E-state index in [1.807, 2.05) is 18.3 Å². The van der Waals surface area contributed by atoms with Crippen LogP contribution in [0.25, 0.3) is 16.2 Å². The van der Waals surface area contributed by atoms with Crippen molar-refractivity contribution in [3.8, 4) is 11.3 Å². The number of aryl methyl sites for hydroxylation is 1. The van der Waals surface area contributed by atoms with Gasteiger partial charge < -0.3 is 5.32 Å². The highest BCUT2D eigenvalue weighted by molar-refractivity contribution is 7.94. The van der Waals surface area contributed by atoms with Crippen molar-refractivity contribution >= 4 is 32.0 Å². The van der Waals surface area contributed by atoms with Crippen LogP contribution in [0.1, 0.15) is 23.0 Å². The Kier molecular flexibility index (Phi) is 4.16. The van der Waals surface area contributed by atoms with E-state index < -0.39 is 15.9 Å². The molecule has 1 aliphatic heterocycles. The van der Waals surface area contributed by atoms with Gasteiger partial charge in [0.2, 0.25) is 0 Å². The van der Waals surface area contributed by atoms with Crippen molar-refractivity contribution in [3.63, 3.8) is 0 Å². The van der Waals surface area contributed by atoms with Gasteiger partial charge in [-0.25, -0.2) is 13.4 Å². The van der Waals surface area contributed by atoms with Crippen molar-refractivity contribution in [3.05, 3.63) is 58.6 Å². The Morgan fingerprint density at radius 1 is 1.35 bits per heavy atom. The molecule has 26 heavy (non-hydrogen) atoms. The first-order chi connectivity index (χ1) is 12.4. The number of thiazole rings is 1. The molecule has 1 atom stereocenters. The molecule has 1 N–H and O–H groups in total. The van der Waals surface area contributed by atoms with Gasteiger partial charge in [-0.15, -0.1) is 11.3 Å². The zero-order chi connectivity index (χ0) is 18.3. The van der Waals surface area contributed by atoms with E-state index in [9.17, 15) is 13.2 Å². The number of rotatable bonds is 4. The average molecular weight is 387 g/mol. The summed E-state index contributed by atoms with van der Waals surface area (Å²) in [6.45, 7) is 2.11. The number of carbonyl (C=O) groups excluding carboxylic acids is 1. The highest BCUT2D eigenvalue weighted by atomic mass is 32.2. The van der Waals surface area contributed by atoms with Crippen LogP contribution in [-0.4, -0.2) is 35.5 Å². The van der Waals surface area contributed by atoms with Crippen LogP contribution in [0.15, 0.2) is 47.3 Å². The Bertz CT molecular complexity index is 1110. The summed E-state index contributed by atoms with van der Waals surface area (Å²) in [4.78, 5) is 17.8. The van der Waals surface area contributed by atoms with Crippen LogP contribution in [-0.2, 0) is 16.3 Å². The smallest absolute Gasteiger partial charge is 0.269 e. The maximum atomic E-state index is 12.5. The number of aromatic nitrogens is 2. The van der Waals surface area contributed by atoms with Gasteiger partial charge in [0.25, 0.3) is 5.91 Å². The first kappa shape index (κ1) is 17.0. The fourth-order valence-electron chi connectivity index (χ4n) is 2.91. The molecule has 0 saturated carbocycles. The normalized spacial score (nSPS) is 18.4. The molecule has 1 aliphatic rings. The highest BCUT2D eigenvalue weighted by Gasteiger charge is 2.24. The second kappa shape index (κ2) is 6.37. The van der Waals surface area contributed by atoms with Crippen LogP contribution in [0.2, 0.25) is 0 Å². The number of nitrogens with zero attached hydrogens (tertiary/aromatic N) is 2. The fraction of sp³-hybridized carbons (Fsp3) is 0.222. The Balaban J connectivity index is 1.59. The van der Waals surface area contributed by atoms with E-state index in [1.165, 1.54) is 23.0 Å². The molecule has 1 aromatic carbocycles. The minimum absolute atomic E-state index is 0.0923. The molecular formula is C18H17N3O3S2. The molecule has 0 unspecified atom stereocenters. The minimum atomic E-state index is -3.20. The first-order valence-electron chi connectivity index (χ1n) is 8.23. The Hall–Kier alpha value is -2.45. The van der Waals surface area contributed by atoms with Gasteiger partial charge in [0, 0.05) is 22.5 Å². The van der Waals surface area contributed by atoms with Crippen LogP contribution in [0, 0.1) is 0 Å².